The van der Waals surface area contributed by atoms with Crippen molar-refractivity contribution in [1.29, 1.82) is 0 Å². The summed E-state index contributed by atoms with van der Waals surface area (Å²) in [7, 11) is 0. The maximum Gasteiger partial charge on any atom is 0.336 e. The summed E-state index contributed by atoms with van der Waals surface area (Å²) < 4.78 is 0. The molecular formula is C16H14O3. The SMILES string of the molecule is CC(=O)c1cccc(-c2ccc(C)cc2C(=O)O)c1. The van der Waals surface area contributed by atoms with Gasteiger partial charge in [-0.15, -0.1) is 0 Å². The van der Waals surface area contributed by atoms with Crippen LogP contribution in [0.15, 0.2) is 42.5 Å². The van der Waals surface area contributed by atoms with Gasteiger partial charge >= 0.3 is 5.97 Å². The average Bonchev–Trinajstić information content (AvgIpc) is 2.38. The number of ketones is 1. The van der Waals surface area contributed by atoms with Crippen molar-refractivity contribution in [1.82, 2.24) is 0 Å². The zero-order chi connectivity index (χ0) is 14.0. The van der Waals surface area contributed by atoms with E-state index in [0.29, 0.717) is 11.1 Å². The van der Waals surface area contributed by atoms with Crippen molar-refractivity contribution in [3.8, 4) is 11.1 Å². The normalized spacial score (nSPS) is 10.2. The molecule has 0 amide bonds. The molecule has 0 bridgehead atoms. The molecule has 0 atom stereocenters. The van der Waals surface area contributed by atoms with E-state index in [0.717, 1.165) is 11.1 Å². The molecule has 2 aromatic carbocycles. The quantitative estimate of drug-likeness (QED) is 0.852. The number of rotatable bonds is 3. The second kappa shape index (κ2) is 5.06. The molecule has 0 heterocycles. The molecule has 0 radical (unpaired) electrons. The summed E-state index contributed by atoms with van der Waals surface area (Å²) in [6, 6.07) is 12.3. The van der Waals surface area contributed by atoms with E-state index in [4.69, 9.17) is 0 Å². The molecule has 2 rings (SSSR count). The lowest BCUT2D eigenvalue weighted by Gasteiger charge is -2.08. The third-order valence-corrected chi connectivity index (χ3v) is 2.99. The van der Waals surface area contributed by atoms with Gasteiger partial charge in [0, 0.05) is 5.56 Å². The molecule has 2 aromatic rings. The van der Waals surface area contributed by atoms with Crippen molar-refractivity contribution in [3.05, 3.63) is 59.2 Å². The standard InChI is InChI=1S/C16H14O3/c1-10-6-7-14(15(8-10)16(18)19)13-5-3-4-12(9-13)11(2)17/h3-9H,1-2H3,(H,18,19). The number of benzene rings is 2. The summed E-state index contributed by atoms with van der Waals surface area (Å²) in [5, 5.41) is 9.26. The van der Waals surface area contributed by atoms with Gasteiger partial charge in [0.1, 0.15) is 0 Å². The Morgan fingerprint density at radius 2 is 1.79 bits per heavy atom. The molecule has 0 spiro atoms. The van der Waals surface area contributed by atoms with Gasteiger partial charge < -0.3 is 5.11 Å². The van der Waals surface area contributed by atoms with E-state index >= 15 is 0 Å². The van der Waals surface area contributed by atoms with Gasteiger partial charge in [0.15, 0.2) is 5.78 Å². The highest BCUT2D eigenvalue weighted by Gasteiger charge is 2.12. The molecule has 0 aromatic heterocycles. The van der Waals surface area contributed by atoms with Crippen molar-refractivity contribution in [2.75, 3.05) is 0 Å². The highest BCUT2D eigenvalue weighted by Crippen LogP contribution is 2.25. The van der Waals surface area contributed by atoms with Crippen molar-refractivity contribution < 1.29 is 14.7 Å². The maximum atomic E-state index is 11.4. The third-order valence-electron chi connectivity index (χ3n) is 2.99. The summed E-state index contributed by atoms with van der Waals surface area (Å²) in [6.07, 6.45) is 0. The lowest BCUT2D eigenvalue weighted by atomic mass is 9.96. The smallest absolute Gasteiger partial charge is 0.336 e. The van der Waals surface area contributed by atoms with Crippen molar-refractivity contribution in [2.45, 2.75) is 13.8 Å². The van der Waals surface area contributed by atoms with Gasteiger partial charge in [-0.3, -0.25) is 4.79 Å². The van der Waals surface area contributed by atoms with E-state index in [-0.39, 0.29) is 11.3 Å². The van der Waals surface area contributed by atoms with E-state index in [2.05, 4.69) is 0 Å². The van der Waals surface area contributed by atoms with E-state index in [9.17, 15) is 14.7 Å². The Morgan fingerprint density at radius 3 is 2.42 bits per heavy atom. The number of aromatic carboxylic acids is 1. The van der Waals surface area contributed by atoms with Crippen LogP contribution in [0.5, 0.6) is 0 Å². The van der Waals surface area contributed by atoms with E-state index in [1.165, 1.54) is 6.92 Å². The van der Waals surface area contributed by atoms with E-state index in [1.807, 2.05) is 19.1 Å². The fourth-order valence-electron chi connectivity index (χ4n) is 1.99. The Balaban J connectivity index is 2.61. The Hall–Kier alpha value is -2.42. The predicted octanol–water partition coefficient (Wildman–Crippen LogP) is 3.56. The molecule has 0 saturated carbocycles. The van der Waals surface area contributed by atoms with E-state index in [1.54, 1.807) is 30.3 Å². The first kappa shape index (κ1) is 13.0. The molecule has 19 heavy (non-hydrogen) atoms. The van der Waals surface area contributed by atoms with Crippen LogP contribution in [0, 0.1) is 6.92 Å². The number of carboxylic acid groups (broad SMARTS) is 1. The predicted molar refractivity (Wildman–Crippen MR) is 73.6 cm³/mol. The Kier molecular flexibility index (Phi) is 3.47. The Labute approximate surface area is 111 Å². The number of carbonyl (C=O) groups excluding carboxylic acids is 1. The fraction of sp³-hybridized carbons (Fsp3) is 0.125. The molecule has 3 nitrogen and oxygen atoms in total. The van der Waals surface area contributed by atoms with Crippen LogP contribution in [0.2, 0.25) is 0 Å². The van der Waals surface area contributed by atoms with Crippen molar-refractivity contribution >= 4 is 11.8 Å². The molecule has 0 saturated heterocycles. The Morgan fingerprint density at radius 1 is 1.05 bits per heavy atom. The van der Waals surface area contributed by atoms with Gasteiger partial charge in [0.05, 0.1) is 5.56 Å². The summed E-state index contributed by atoms with van der Waals surface area (Å²) in [5.74, 6) is -1.00. The monoisotopic (exact) mass is 254 g/mol. The number of hydrogen-bond acceptors (Lipinski definition) is 2. The number of Topliss-reactive ketones (excluding diaryl/α,β-unsaturated/α-hetero) is 1. The Bertz CT molecular complexity index is 657. The number of aryl methyl sites for hydroxylation is 1. The third kappa shape index (κ3) is 2.71. The maximum absolute atomic E-state index is 11.4. The fourth-order valence-corrected chi connectivity index (χ4v) is 1.99. The second-order valence-electron chi connectivity index (χ2n) is 4.49. The minimum Gasteiger partial charge on any atom is -0.478 e. The van der Waals surface area contributed by atoms with Gasteiger partial charge in [0.25, 0.3) is 0 Å². The molecule has 96 valence electrons. The van der Waals surface area contributed by atoms with Crippen molar-refractivity contribution in [2.24, 2.45) is 0 Å². The van der Waals surface area contributed by atoms with Crippen LogP contribution in [0.3, 0.4) is 0 Å². The molecule has 0 aliphatic rings. The molecule has 0 aliphatic carbocycles. The number of carbonyl (C=O) groups is 2. The summed E-state index contributed by atoms with van der Waals surface area (Å²) >= 11 is 0. The van der Waals surface area contributed by atoms with Crippen LogP contribution >= 0.6 is 0 Å². The van der Waals surface area contributed by atoms with Gasteiger partial charge in [-0.2, -0.15) is 0 Å². The lowest BCUT2D eigenvalue weighted by molar-refractivity contribution is 0.0697. The summed E-state index contributed by atoms with van der Waals surface area (Å²) in [6.45, 7) is 3.34. The highest BCUT2D eigenvalue weighted by molar-refractivity contribution is 5.98. The van der Waals surface area contributed by atoms with Crippen LogP contribution in [0.25, 0.3) is 11.1 Å². The van der Waals surface area contributed by atoms with Crippen LogP contribution < -0.4 is 0 Å². The van der Waals surface area contributed by atoms with Crippen LogP contribution in [-0.2, 0) is 0 Å². The topological polar surface area (TPSA) is 54.4 Å². The van der Waals surface area contributed by atoms with Crippen molar-refractivity contribution in [3.63, 3.8) is 0 Å². The van der Waals surface area contributed by atoms with Crippen LogP contribution in [0.4, 0.5) is 0 Å². The van der Waals surface area contributed by atoms with Gasteiger partial charge in [-0.25, -0.2) is 4.79 Å². The molecule has 1 N–H and O–H groups in total. The average molecular weight is 254 g/mol. The number of hydrogen-bond donors (Lipinski definition) is 1. The lowest BCUT2D eigenvalue weighted by Crippen LogP contribution is -2.01. The molecule has 0 aliphatic heterocycles. The summed E-state index contributed by atoms with van der Waals surface area (Å²) in [5.41, 5.74) is 3.09. The highest BCUT2D eigenvalue weighted by atomic mass is 16.4. The largest absolute Gasteiger partial charge is 0.478 e. The van der Waals surface area contributed by atoms with Gasteiger partial charge in [0.2, 0.25) is 0 Å². The van der Waals surface area contributed by atoms with Crippen LogP contribution in [-0.4, -0.2) is 16.9 Å². The zero-order valence-corrected chi connectivity index (χ0v) is 10.8. The first-order valence-corrected chi connectivity index (χ1v) is 5.94. The van der Waals surface area contributed by atoms with Gasteiger partial charge in [-0.1, -0.05) is 35.9 Å². The minimum absolute atomic E-state index is 0.0363. The second-order valence-corrected chi connectivity index (χ2v) is 4.49. The van der Waals surface area contributed by atoms with E-state index < -0.39 is 5.97 Å². The number of carboxylic acids is 1. The molecular weight excluding hydrogens is 240 g/mol. The van der Waals surface area contributed by atoms with Crippen LogP contribution in [0.1, 0.15) is 33.2 Å². The molecule has 0 fully saturated rings. The molecule has 0 unspecified atom stereocenters. The zero-order valence-electron chi connectivity index (χ0n) is 10.8. The first-order chi connectivity index (χ1) is 8.99. The first-order valence-electron chi connectivity index (χ1n) is 5.94. The minimum atomic E-state index is -0.966. The van der Waals surface area contributed by atoms with Gasteiger partial charge in [-0.05, 0) is 37.1 Å². The molecule has 3 heteroatoms. The summed E-state index contributed by atoms with van der Waals surface area (Å²) in [4.78, 5) is 22.7.